The number of rotatable bonds is 5. The molecule has 0 aliphatic carbocycles. The van der Waals surface area contributed by atoms with Gasteiger partial charge in [-0.05, 0) is 25.1 Å². The zero-order valence-electron chi connectivity index (χ0n) is 9.53. The van der Waals surface area contributed by atoms with E-state index in [0.29, 0.717) is 6.61 Å². The molecule has 1 amide bonds. The summed E-state index contributed by atoms with van der Waals surface area (Å²) in [6.45, 7) is 2.20. The molecule has 0 bridgehead atoms. The van der Waals surface area contributed by atoms with Crippen LogP contribution in [0.1, 0.15) is 23.7 Å². The summed E-state index contributed by atoms with van der Waals surface area (Å²) in [6, 6.07) is 5.35. The van der Waals surface area contributed by atoms with E-state index in [4.69, 9.17) is 4.74 Å². The highest BCUT2D eigenvalue weighted by molar-refractivity contribution is 5.94. The van der Waals surface area contributed by atoms with Gasteiger partial charge in [-0.15, -0.1) is 0 Å². The van der Waals surface area contributed by atoms with Crippen LogP contribution < -0.4 is 5.32 Å². The highest BCUT2D eigenvalue weighted by Crippen LogP contribution is 2.02. The molecule has 0 fully saturated rings. The Morgan fingerprint density at radius 2 is 2.18 bits per heavy atom. The van der Waals surface area contributed by atoms with Gasteiger partial charge in [0.2, 0.25) is 0 Å². The molecule has 0 unspecified atom stereocenters. The molecule has 0 saturated carbocycles. The summed E-state index contributed by atoms with van der Waals surface area (Å²) in [5.41, 5.74) is 0.230. The van der Waals surface area contributed by atoms with Crippen LogP contribution in [0.5, 0.6) is 0 Å². The molecule has 0 atom stereocenters. The molecule has 0 spiro atoms. The molecule has 0 saturated heterocycles. The lowest BCUT2D eigenvalue weighted by atomic mass is 10.2. The Balaban J connectivity index is 2.38. The second-order valence-corrected chi connectivity index (χ2v) is 3.32. The summed E-state index contributed by atoms with van der Waals surface area (Å²) in [4.78, 5) is 22.5. The van der Waals surface area contributed by atoms with Gasteiger partial charge in [0.25, 0.3) is 5.91 Å². The highest BCUT2D eigenvalue weighted by Gasteiger charge is 2.07. The van der Waals surface area contributed by atoms with Gasteiger partial charge >= 0.3 is 5.97 Å². The van der Waals surface area contributed by atoms with E-state index in [1.54, 1.807) is 6.92 Å². The predicted molar refractivity (Wildman–Crippen MR) is 60.0 cm³/mol. The van der Waals surface area contributed by atoms with E-state index in [1.807, 2.05) is 0 Å². The van der Waals surface area contributed by atoms with Crippen molar-refractivity contribution in [2.75, 3.05) is 13.2 Å². The first-order chi connectivity index (χ1) is 8.13. The number of ether oxygens (including phenoxy) is 1. The summed E-state index contributed by atoms with van der Waals surface area (Å²) < 4.78 is 17.5. The fourth-order valence-corrected chi connectivity index (χ4v) is 1.24. The van der Waals surface area contributed by atoms with Crippen LogP contribution in [0.3, 0.4) is 0 Å². The summed E-state index contributed by atoms with van der Waals surface area (Å²) in [5.74, 6) is -1.25. The lowest BCUT2D eigenvalue weighted by molar-refractivity contribution is -0.142. The van der Waals surface area contributed by atoms with Crippen LogP contribution in [0.25, 0.3) is 0 Å². The highest BCUT2D eigenvalue weighted by atomic mass is 19.1. The summed E-state index contributed by atoms with van der Waals surface area (Å²) in [5, 5.41) is 2.51. The number of amides is 1. The molecule has 4 nitrogen and oxygen atoms in total. The first kappa shape index (κ1) is 13.2. The minimum atomic E-state index is -0.469. The van der Waals surface area contributed by atoms with Crippen molar-refractivity contribution in [3.63, 3.8) is 0 Å². The molecule has 17 heavy (non-hydrogen) atoms. The monoisotopic (exact) mass is 239 g/mol. The first-order valence-electron chi connectivity index (χ1n) is 5.33. The molecule has 0 radical (unpaired) electrons. The Labute approximate surface area is 98.8 Å². The molecular formula is C12H14FNO3. The zero-order valence-corrected chi connectivity index (χ0v) is 9.53. The molecular weight excluding hydrogens is 225 g/mol. The largest absolute Gasteiger partial charge is 0.466 e. The minimum Gasteiger partial charge on any atom is -0.466 e. The second kappa shape index (κ2) is 6.62. The van der Waals surface area contributed by atoms with Crippen molar-refractivity contribution in [2.24, 2.45) is 0 Å². The van der Waals surface area contributed by atoms with Gasteiger partial charge in [0, 0.05) is 12.1 Å². The van der Waals surface area contributed by atoms with Crippen molar-refractivity contribution in [3.05, 3.63) is 35.6 Å². The van der Waals surface area contributed by atoms with Crippen LogP contribution in [-0.2, 0) is 9.53 Å². The van der Waals surface area contributed by atoms with E-state index < -0.39 is 11.7 Å². The van der Waals surface area contributed by atoms with E-state index in [-0.39, 0.29) is 24.5 Å². The zero-order chi connectivity index (χ0) is 12.7. The molecule has 1 rings (SSSR count). The van der Waals surface area contributed by atoms with Crippen LogP contribution >= 0.6 is 0 Å². The maximum absolute atomic E-state index is 12.8. The van der Waals surface area contributed by atoms with Crippen LogP contribution in [0.2, 0.25) is 0 Å². The molecule has 1 aromatic rings. The number of hydrogen-bond acceptors (Lipinski definition) is 3. The number of carbonyl (C=O) groups excluding carboxylic acids is 2. The average molecular weight is 239 g/mol. The molecule has 0 heterocycles. The quantitative estimate of drug-likeness (QED) is 0.792. The van der Waals surface area contributed by atoms with Crippen LogP contribution in [0, 0.1) is 5.82 Å². The van der Waals surface area contributed by atoms with Gasteiger partial charge in [-0.25, -0.2) is 4.39 Å². The number of benzene rings is 1. The first-order valence-corrected chi connectivity index (χ1v) is 5.33. The lowest BCUT2D eigenvalue weighted by Gasteiger charge is -2.05. The summed E-state index contributed by atoms with van der Waals surface area (Å²) in [6.07, 6.45) is 0.106. The van der Waals surface area contributed by atoms with Crippen molar-refractivity contribution in [1.29, 1.82) is 0 Å². The summed E-state index contributed by atoms with van der Waals surface area (Å²) >= 11 is 0. The molecule has 0 aliphatic rings. The van der Waals surface area contributed by atoms with E-state index in [0.717, 1.165) is 6.07 Å². The van der Waals surface area contributed by atoms with Gasteiger partial charge in [-0.3, -0.25) is 9.59 Å². The maximum Gasteiger partial charge on any atom is 0.307 e. The van der Waals surface area contributed by atoms with E-state index in [2.05, 4.69) is 5.32 Å². The number of esters is 1. The normalized spacial score (nSPS) is 9.76. The Bertz CT molecular complexity index is 406. The van der Waals surface area contributed by atoms with Gasteiger partial charge in [-0.1, -0.05) is 6.07 Å². The number of nitrogens with one attached hydrogen (secondary N) is 1. The molecule has 1 N–H and O–H groups in total. The van der Waals surface area contributed by atoms with Crippen molar-refractivity contribution in [2.45, 2.75) is 13.3 Å². The van der Waals surface area contributed by atoms with Crippen molar-refractivity contribution in [3.8, 4) is 0 Å². The minimum absolute atomic E-state index is 0.106. The third kappa shape index (κ3) is 4.63. The molecule has 0 aromatic heterocycles. The average Bonchev–Trinajstić information content (AvgIpc) is 2.29. The Kier molecular flexibility index (Phi) is 5.13. The molecule has 92 valence electrons. The van der Waals surface area contributed by atoms with Gasteiger partial charge in [-0.2, -0.15) is 0 Å². The van der Waals surface area contributed by atoms with Crippen LogP contribution in [-0.4, -0.2) is 25.0 Å². The SMILES string of the molecule is CCOC(=O)CCNC(=O)c1cccc(F)c1. The fourth-order valence-electron chi connectivity index (χ4n) is 1.24. The standard InChI is InChI=1S/C12H14FNO3/c1-2-17-11(15)6-7-14-12(16)9-4-3-5-10(13)8-9/h3-5,8H,2,6-7H2,1H3,(H,14,16). The number of hydrogen-bond donors (Lipinski definition) is 1. The fraction of sp³-hybridized carbons (Fsp3) is 0.333. The predicted octanol–water partition coefficient (Wildman–Crippen LogP) is 1.51. The van der Waals surface area contributed by atoms with Gasteiger partial charge in [0.05, 0.1) is 13.0 Å². The third-order valence-corrected chi connectivity index (χ3v) is 2.01. The Morgan fingerprint density at radius 3 is 2.82 bits per heavy atom. The van der Waals surface area contributed by atoms with Gasteiger partial charge < -0.3 is 10.1 Å². The van der Waals surface area contributed by atoms with Crippen molar-refractivity contribution < 1.29 is 18.7 Å². The second-order valence-electron chi connectivity index (χ2n) is 3.32. The molecule has 5 heteroatoms. The number of halogens is 1. The number of carbonyl (C=O) groups is 2. The smallest absolute Gasteiger partial charge is 0.307 e. The van der Waals surface area contributed by atoms with Crippen LogP contribution in [0.4, 0.5) is 4.39 Å². The third-order valence-electron chi connectivity index (χ3n) is 2.01. The van der Waals surface area contributed by atoms with Crippen molar-refractivity contribution in [1.82, 2.24) is 5.32 Å². The van der Waals surface area contributed by atoms with E-state index >= 15 is 0 Å². The Hall–Kier alpha value is -1.91. The molecule has 1 aromatic carbocycles. The van der Waals surface area contributed by atoms with E-state index in [1.165, 1.54) is 18.2 Å². The summed E-state index contributed by atoms with van der Waals surface area (Å²) in [7, 11) is 0. The van der Waals surface area contributed by atoms with Crippen LogP contribution in [0.15, 0.2) is 24.3 Å². The van der Waals surface area contributed by atoms with Gasteiger partial charge in [0.15, 0.2) is 0 Å². The topological polar surface area (TPSA) is 55.4 Å². The molecule has 0 aliphatic heterocycles. The Morgan fingerprint density at radius 1 is 1.41 bits per heavy atom. The van der Waals surface area contributed by atoms with Gasteiger partial charge in [0.1, 0.15) is 5.82 Å². The maximum atomic E-state index is 12.8. The van der Waals surface area contributed by atoms with E-state index in [9.17, 15) is 14.0 Å². The van der Waals surface area contributed by atoms with Crippen molar-refractivity contribution >= 4 is 11.9 Å². The lowest BCUT2D eigenvalue weighted by Crippen LogP contribution is -2.26.